The van der Waals surface area contributed by atoms with Crippen LogP contribution in [0, 0.1) is 5.41 Å². The van der Waals surface area contributed by atoms with Gasteiger partial charge in [-0.2, -0.15) is 0 Å². The Labute approximate surface area is 119 Å². The molecule has 0 fully saturated rings. The summed E-state index contributed by atoms with van der Waals surface area (Å²) in [5, 5.41) is 6.68. The Morgan fingerprint density at radius 3 is 2.00 bits per heavy atom. The van der Waals surface area contributed by atoms with Crippen molar-refractivity contribution < 1.29 is 18.3 Å². The third-order valence-corrected chi connectivity index (χ3v) is 2.13. The Bertz CT molecular complexity index is 349. The van der Waals surface area contributed by atoms with E-state index in [4.69, 9.17) is 14.9 Å². The van der Waals surface area contributed by atoms with Crippen LogP contribution in [-0.4, -0.2) is 52.3 Å². The van der Waals surface area contributed by atoms with Crippen LogP contribution in [0.1, 0.15) is 6.92 Å². The van der Waals surface area contributed by atoms with E-state index in [0.29, 0.717) is 6.21 Å². The molecular weight excluding hydrogens is 266 g/mol. The van der Waals surface area contributed by atoms with Crippen LogP contribution in [0.4, 0.5) is 8.78 Å². The van der Waals surface area contributed by atoms with Crippen molar-refractivity contribution in [1.29, 1.82) is 5.41 Å². The first-order valence-electron chi connectivity index (χ1n) is 5.93. The summed E-state index contributed by atoms with van der Waals surface area (Å²) in [6.07, 6.45) is 2.47. The van der Waals surface area contributed by atoms with Gasteiger partial charge in [-0.15, -0.1) is 0 Å². The topological polar surface area (TPSA) is 45.5 Å². The molecular formula is C14H24F2N2O2. The van der Waals surface area contributed by atoms with Crippen molar-refractivity contribution in [2.24, 2.45) is 0 Å². The molecule has 0 saturated carbocycles. The minimum Gasteiger partial charge on any atom is -0.355 e. The van der Waals surface area contributed by atoms with E-state index >= 15 is 0 Å². The lowest BCUT2D eigenvalue weighted by molar-refractivity contribution is -0.111. The number of hydrogen-bond acceptors (Lipinski definition) is 4. The third kappa shape index (κ3) is 9.55. The highest BCUT2D eigenvalue weighted by Crippen LogP contribution is 2.15. The van der Waals surface area contributed by atoms with Gasteiger partial charge in [-0.25, -0.2) is 8.78 Å². The summed E-state index contributed by atoms with van der Waals surface area (Å²) < 4.78 is 35.1. The molecule has 0 bridgehead atoms. The van der Waals surface area contributed by atoms with Crippen LogP contribution < -0.4 is 0 Å². The molecule has 116 valence electrons. The molecule has 0 aliphatic rings. The van der Waals surface area contributed by atoms with Crippen molar-refractivity contribution >= 4 is 6.21 Å². The average Bonchev–Trinajstić information content (AvgIpc) is 2.45. The second-order valence-electron chi connectivity index (χ2n) is 3.91. The molecule has 0 aromatic carbocycles. The summed E-state index contributed by atoms with van der Waals surface area (Å²) in [5.74, 6) is -1.58. The number of ether oxygens (including phenoxy) is 2. The Morgan fingerprint density at radius 2 is 1.80 bits per heavy atom. The van der Waals surface area contributed by atoms with Crippen molar-refractivity contribution in [3.8, 4) is 0 Å². The maximum absolute atomic E-state index is 12.6. The summed E-state index contributed by atoms with van der Waals surface area (Å²) >= 11 is 0. The Balaban J connectivity index is 0. The highest BCUT2D eigenvalue weighted by molar-refractivity contribution is 5.82. The van der Waals surface area contributed by atoms with Gasteiger partial charge in [0.25, 0.3) is 0 Å². The van der Waals surface area contributed by atoms with Gasteiger partial charge in [-0.1, -0.05) is 12.7 Å². The quantitative estimate of drug-likeness (QED) is 0.445. The van der Waals surface area contributed by atoms with Crippen molar-refractivity contribution in [3.63, 3.8) is 0 Å². The fourth-order valence-corrected chi connectivity index (χ4v) is 1.06. The molecule has 0 unspecified atom stereocenters. The zero-order valence-corrected chi connectivity index (χ0v) is 12.7. The number of likely N-dealkylation sites (N-methyl/N-ethyl adjacent to an activating group) is 1. The number of nitrogens with one attached hydrogen (secondary N) is 1. The Hall–Kier alpha value is -1.37. The third-order valence-electron chi connectivity index (χ3n) is 2.13. The molecule has 0 atom stereocenters. The number of hydrogen-bond donors (Lipinski definition) is 1. The molecule has 0 aromatic heterocycles. The summed E-state index contributed by atoms with van der Waals surface area (Å²) in [5.41, 5.74) is -0.373. The van der Waals surface area contributed by atoms with E-state index in [1.807, 2.05) is 19.0 Å². The van der Waals surface area contributed by atoms with Crippen LogP contribution in [0.25, 0.3) is 0 Å². The van der Waals surface area contributed by atoms with Crippen LogP contribution in [0.15, 0.2) is 36.0 Å². The summed E-state index contributed by atoms with van der Waals surface area (Å²) in [6.45, 7) is 5.34. The first-order chi connectivity index (χ1) is 9.37. The molecule has 4 nitrogen and oxygen atoms in total. The van der Waals surface area contributed by atoms with Crippen molar-refractivity contribution in [1.82, 2.24) is 4.90 Å². The van der Waals surface area contributed by atoms with Gasteiger partial charge in [0.05, 0.1) is 5.57 Å². The predicted molar refractivity (Wildman–Crippen MR) is 78.3 cm³/mol. The molecule has 0 aliphatic heterocycles. The fraction of sp³-hybridized carbons (Fsp3) is 0.500. The van der Waals surface area contributed by atoms with E-state index < -0.39 is 11.7 Å². The van der Waals surface area contributed by atoms with Crippen LogP contribution in [0.3, 0.4) is 0 Å². The zero-order chi connectivity index (χ0) is 16.1. The van der Waals surface area contributed by atoms with E-state index in [9.17, 15) is 8.78 Å². The van der Waals surface area contributed by atoms with Crippen LogP contribution in [0.2, 0.25) is 0 Å². The summed E-state index contributed by atoms with van der Waals surface area (Å²) in [7, 11) is 7.23. The molecule has 0 aliphatic carbocycles. The number of nitrogens with zero attached hydrogens (tertiary/aromatic N) is 1. The number of halogens is 2. The molecule has 1 N–H and O–H groups in total. The van der Waals surface area contributed by atoms with Gasteiger partial charge in [0.2, 0.25) is 0 Å². The fourth-order valence-electron chi connectivity index (χ4n) is 1.06. The largest absolute Gasteiger partial charge is 0.355 e. The molecule has 0 radical (unpaired) electrons. The summed E-state index contributed by atoms with van der Waals surface area (Å²) in [4.78, 5) is 2.01. The Kier molecular flexibility index (Phi) is 13.2. The zero-order valence-electron chi connectivity index (χ0n) is 12.7. The second kappa shape index (κ2) is 12.7. The van der Waals surface area contributed by atoms with Crippen LogP contribution >= 0.6 is 0 Å². The molecule has 0 rings (SSSR count). The monoisotopic (exact) mass is 290 g/mol. The molecule has 0 aromatic rings. The minimum absolute atomic E-state index is 0.0972. The normalized spacial score (nSPS) is 12.8. The first kappa shape index (κ1) is 20.9. The van der Waals surface area contributed by atoms with Crippen molar-refractivity contribution in [2.45, 2.75) is 13.2 Å². The van der Waals surface area contributed by atoms with Crippen molar-refractivity contribution in [3.05, 3.63) is 36.0 Å². The Morgan fingerprint density at radius 1 is 1.30 bits per heavy atom. The lowest BCUT2D eigenvalue weighted by Gasteiger charge is -2.17. The molecule has 0 amide bonds. The van der Waals surface area contributed by atoms with E-state index in [-0.39, 0.29) is 11.9 Å². The van der Waals surface area contributed by atoms with E-state index in [0.717, 1.165) is 18.7 Å². The van der Waals surface area contributed by atoms with Gasteiger partial charge >= 0.3 is 0 Å². The van der Waals surface area contributed by atoms with Crippen LogP contribution in [-0.2, 0) is 9.47 Å². The first-order valence-corrected chi connectivity index (χ1v) is 5.93. The highest BCUT2D eigenvalue weighted by Gasteiger charge is 2.05. The molecule has 20 heavy (non-hydrogen) atoms. The highest BCUT2D eigenvalue weighted by atomic mass is 19.1. The van der Waals surface area contributed by atoms with Gasteiger partial charge in [-0.05, 0) is 27.1 Å². The van der Waals surface area contributed by atoms with Gasteiger partial charge in [0.1, 0.15) is 11.7 Å². The summed E-state index contributed by atoms with van der Waals surface area (Å²) in [6, 6.07) is 0. The van der Waals surface area contributed by atoms with E-state index in [2.05, 4.69) is 6.58 Å². The van der Waals surface area contributed by atoms with Crippen LogP contribution in [0.5, 0.6) is 0 Å². The van der Waals surface area contributed by atoms with Gasteiger partial charge in [0.15, 0.2) is 6.29 Å². The lowest BCUT2D eigenvalue weighted by Crippen LogP contribution is -2.28. The van der Waals surface area contributed by atoms with Gasteiger partial charge in [0, 0.05) is 27.0 Å². The SMILES string of the molecule is C=C/C(F)=C(C=N)\C(F)=C/C.COC(CN(C)C)OC. The lowest BCUT2D eigenvalue weighted by atomic mass is 10.2. The average molecular weight is 290 g/mol. The number of allylic oxidation sites excluding steroid dienone is 5. The number of methoxy groups -OCH3 is 2. The smallest absolute Gasteiger partial charge is 0.169 e. The maximum atomic E-state index is 12.6. The van der Waals surface area contributed by atoms with Crippen molar-refractivity contribution in [2.75, 3.05) is 34.9 Å². The number of rotatable bonds is 7. The molecule has 0 spiro atoms. The molecule has 0 saturated heterocycles. The molecule has 6 heteroatoms. The molecule has 0 heterocycles. The standard InChI is InChI=1S/C8H9F2N.C6H15NO2/c1-3-7(9)6(5-11)8(10)4-2;1-7(2)5-6(8-3)9-4/h3-5,11H,1H2,2H3;6H,5H2,1-4H3/b7-6+,8-4+,11-5?;. The second-order valence-corrected chi connectivity index (χ2v) is 3.91. The van der Waals surface area contributed by atoms with E-state index in [1.54, 1.807) is 14.2 Å². The minimum atomic E-state index is -0.824. The maximum Gasteiger partial charge on any atom is 0.169 e. The van der Waals surface area contributed by atoms with E-state index in [1.165, 1.54) is 6.92 Å². The van der Waals surface area contributed by atoms with Gasteiger partial charge in [-0.3, -0.25) is 0 Å². The predicted octanol–water partition coefficient (Wildman–Crippen LogP) is 3.09. The van der Waals surface area contributed by atoms with Gasteiger partial charge < -0.3 is 19.8 Å².